The molecule has 4 heterocycles. The van der Waals surface area contributed by atoms with Crippen molar-refractivity contribution in [3.8, 4) is 11.4 Å². The van der Waals surface area contributed by atoms with Crippen LogP contribution in [0.3, 0.4) is 0 Å². The Kier molecular flexibility index (Phi) is 4.68. The van der Waals surface area contributed by atoms with Crippen molar-refractivity contribution in [2.75, 3.05) is 23.3 Å². The maximum Gasteiger partial charge on any atom is 0.227 e. The van der Waals surface area contributed by atoms with Gasteiger partial charge in [0.2, 0.25) is 5.91 Å². The number of tetrazole rings is 1. The van der Waals surface area contributed by atoms with E-state index in [4.69, 9.17) is 0 Å². The molecular weight excluding hydrogens is 418 g/mol. The number of anilines is 2. The average Bonchev–Trinajstić information content (AvgIpc) is 3.51. The Labute approximate surface area is 188 Å². The summed E-state index contributed by atoms with van der Waals surface area (Å²) in [5.74, 6) is 1.51. The van der Waals surface area contributed by atoms with Gasteiger partial charge in [-0.05, 0) is 59.7 Å². The van der Waals surface area contributed by atoms with Crippen LogP contribution in [0.15, 0.2) is 60.7 Å². The average molecular weight is 439 g/mol. The summed E-state index contributed by atoms with van der Waals surface area (Å²) in [6.45, 7) is 1.48. The van der Waals surface area contributed by atoms with Gasteiger partial charge in [-0.1, -0.05) is 24.3 Å². The fraction of sp³-hybridized carbons (Fsp3) is 0.217. The molecule has 33 heavy (non-hydrogen) atoms. The van der Waals surface area contributed by atoms with E-state index in [-0.39, 0.29) is 11.8 Å². The number of benzene rings is 2. The van der Waals surface area contributed by atoms with E-state index in [0.717, 1.165) is 59.9 Å². The van der Waals surface area contributed by atoms with Crippen molar-refractivity contribution < 1.29 is 4.79 Å². The van der Waals surface area contributed by atoms with Crippen LogP contribution >= 0.6 is 0 Å². The minimum atomic E-state index is -0.0678. The van der Waals surface area contributed by atoms with Crippen LogP contribution in [0.5, 0.6) is 0 Å². The monoisotopic (exact) mass is 439 g/mol. The van der Waals surface area contributed by atoms with Crippen molar-refractivity contribution in [1.29, 1.82) is 0 Å². The summed E-state index contributed by atoms with van der Waals surface area (Å²) in [4.78, 5) is 23.3. The third-order valence-electron chi connectivity index (χ3n) is 6.07. The number of imidazole rings is 1. The number of hydrogen-bond acceptors (Lipinski definition) is 7. The van der Waals surface area contributed by atoms with Crippen molar-refractivity contribution in [2.45, 2.75) is 12.8 Å². The molecule has 1 aliphatic heterocycles. The molecule has 0 aliphatic carbocycles. The fourth-order valence-electron chi connectivity index (χ4n) is 4.29. The SMILES string of the molecule is O=C(Nc1ccccc1-c1nc2ccccc2[nH]1)C1CCN(c2ccc3nnnn3n2)CC1. The molecule has 1 aliphatic rings. The van der Waals surface area contributed by atoms with Crippen molar-refractivity contribution >= 4 is 34.1 Å². The van der Waals surface area contributed by atoms with Gasteiger partial charge in [-0.25, -0.2) is 4.98 Å². The van der Waals surface area contributed by atoms with E-state index in [1.165, 1.54) is 4.63 Å². The third-order valence-corrected chi connectivity index (χ3v) is 6.07. The highest BCUT2D eigenvalue weighted by molar-refractivity contribution is 5.97. The number of aromatic nitrogens is 7. The van der Waals surface area contributed by atoms with Gasteiger partial charge in [-0.15, -0.1) is 14.8 Å². The maximum atomic E-state index is 13.1. The molecule has 10 heteroatoms. The van der Waals surface area contributed by atoms with E-state index in [0.29, 0.717) is 5.65 Å². The molecule has 0 atom stereocenters. The quantitative estimate of drug-likeness (QED) is 0.442. The number of carbonyl (C=O) groups excluding carboxylic acids is 1. The smallest absolute Gasteiger partial charge is 0.227 e. The summed E-state index contributed by atoms with van der Waals surface area (Å²) in [5.41, 5.74) is 4.10. The molecule has 3 aromatic heterocycles. The van der Waals surface area contributed by atoms with Crippen molar-refractivity contribution in [3.63, 3.8) is 0 Å². The number of H-pyrrole nitrogens is 1. The van der Waals surface area contributed by atoms with Gasteiger partial charge in [0, 0.05) is 24.6 Å². The molecule has 1 amide bonds. The number of para-hydroxylation sites is 3. The second kappa shape index (κ2) is 7.97. The van der Waals surface area contributed by atoms with Gasteiger partial charge < -0.3 is 15.2 Å². The second-order valence-corrected chi connectivity index (χ2v) is 8.12. The standard InChI is InChI=1S/C23H21N9O/c33-23(15-11-13-31(14-12-15)21-10-9-20-27-29-30-32(20)28-21)26-17-6-2-1-5-16(17)22-24-18-7-3-4-8-19(18)25-22/h1-10,15H,11-14H2,(H,24,25)(H,26,33). The molecule has 10 nitrogen and oxygen atoms in total. The number of nitrogens with one attached hydrogen (secondary N) is 2. The number of hydrogen-bond donors (Lipinski definition) is 2. The maximum absolute atomic E-state index is 13.1. The Morgan fingerprint density at radius 1 is 1.00 bits per heavy atom. The van der Waals surface area contributed by atoms with E-state index < -0.39 is 0 Å². The number of aromatic amines is 1. The molecular formula is C23H21N9O. The summed E-state index contributed by atoms with van der Waals surface area (Å²) in [6, 6.07) is 19.4. The number of nitrogens with zero attached hydrogens (tertiary/aromatic N) is 7. The van der Waals surface area contributed by atoms with Gasteiger partial charge in [0.05, 0.1) is 16.7 Å². The normalized spacial score (nSPS) is 14.7. The Morgan fingerprint density at radius 2 is 1.82 bits per heavy atom. The molecule has 164 valence electrons. The van der Waals surface area contributed by atoms with Crippen molar-refractivity contribution in [2.24, 2.45) is 5.92 Å². The van der Waals surface area contributed by atoms with Crippen LogP contribution in [0, 0.1) is 5.92 Å². The lowest BCUT2D eigenvalue weighted by Gasteiger charge is -2.32. The largest absolute Gasteiger partial charge is 0.355 e. The highest BCUT2D eigenvalue weighted by Gasteiger charge is 2.26. The third kappa shape index (κ3) is 3.65. The zero-order valence-corrected chi connectivity index (χ0v) is 17.7. The number of fused-ring (bicyclic) bond motifs is 2. The lowest BCUT2D eigenvalue weighted by atomic mass is 9.95. The van der Waals surface area contributed by atoms with Crippen LogP contribution in [0.25, 0.3) is 28.1 Å². The van der Waals surface area contributed by atoms with E-state index in [9.17, 15) is 4.79 Å². The molecule has 0 spiro atoms. The van der Waals surface area contributed by atoms with E-state index in [1.807, 2.05) is 60.7 Å². The van der Waals surface area contributed by atoms with Crippen LogP contribution in [-0.2, 0) is 4.79 Å². The molecule has 0 saturated carbocycles. The molecule has 6 rings (SSSR count). The van der Waals surface area contributed by atoms with Gasteiger partial charge in [0.1, 0.15) is 5.82 Å². The second-order valence-electron chi connectivity index (χ2n) is 8.12. The lowest BCUT2D eigenvalue weighted by Crippen LogP contribution is -2.38. The molecule has 1 fully saturated rings. The Morgan fingerprint density at radius 3 is 2.70 bits per heavy atom. The number of amides is 1. The Bertz CT molecular complexity index is 1420. The minimum absolute atomic E-state index is 0.0297. The van der Waals surface area contributed by atoms with Crippen LogP contribution in [0.4, 0.5) is 11.5 Å². The highest BCUT2D eigenvalue weighted by atomic mass is 16.1. The molecule has 1 saturated heterocycles. The van der Waals surface area contributed by atoms with Gasteiger partial charge in [0.15, 0.2) is 11.5 Å². The minimum Gasteiger partial charge on any atom is -0.355 e. The summed E-state index contributed by atoms with van der Waals surface area (Å²) in [6.07, 6.45) is 1.49. The zero-order chi connectivity index (χ0) is 22.2. The van der Waals surface area contributed by atoms with E-state index in [1.54, 1.807) is 0 Å². The molecule has 2 aromatic carbocycles. The molecule has 0 unspecified atom stereocenters. The van der Waals surface area contributed by atoms with Gasteiger partial charge in [-0.3, -0.25) is 4.79 Å². The zero-order valence-electron chi connectivity index (χ0n) is 17.7. The number of rotatable bonds is 4. The highest BCUT2D eigenvalue weighted by Crippen LogP contribution is 2.29. The summed E-state index contributed by atoms with van der Waals surface area (Å²) >= 11 is 0. The van der Waals surface area contributed by atoms with E-state index >= 15 is 0 Å². The lowest BCUT2D eigenvalue weighted by molar-refractivity contribution is -0.120. The van der Waals surface area contributed by atoms with Gasteiger partial charge in [-0.2, -0.15) is 0 Å². The first-order valence-electron chi connectivity index (χ1n) is 10.9. The van der Waals surface area contributed by atoms with Gasteiger partial charge >= 0.3 is 0 Å². The topological polar surface area (TPSA) is 117 Å². The van der Waals surface area contributed by atoms with Crippen LogP contribution in [-0.4, -0.2) is 54.2 Å². The predicted molar refractivity (Wildman–Crippen MR) is 124 cm³/mol. The Balaban J connectivity index is 1.16. The molecule has 0 bridgehead atoms. The van der Waals surface area contributed by atoms with E-state index in [2.05, 4.69) is 40.8 Å². The predicted octanol–water partition coefficient (Wildman–Crippen LogP) is 2.92. The van der Waals surface area contributed by atoms with Crippen LogP contribution in [0.1, 0.15) is 12.8 Å². The molecule has 0 radical (unpaired) electrons. The first-order chi connectivity index (χ1) is 16.2. The summed E-state index contributed by atoms with van der Waals surface area (Å²) in [7, 11) is 0. The summed E-state index contributed by atoms with van der Waals surface area (Å²) in [5, 5.41) is 19.0. The first kappa shape index (κ1) is 19.4. The number of carbonyl (C=O) groups is 1. The van der Waals surface area contributed by atoms with Gasteiger partial charge in [0.25, 0.3) is 0 Å². The van der Waals surface area contributed by atoms with Crippen LogP contribution < -0.4 is 10.2 Å². The molecule has 2 N–H and O–H groups in total. The first-order valence-corrected chi connectivity index (χ1v) is 10.9. The number of piperidine rings is 1. The van der Waals surface area contributed by atoms with Crippen LogP contribution in [0.2, 0.25) is 0 Å². The Hall–Kier alpha value is -4.34. The van der Waals surface area contributed by atoms with Crippen molar-refractivity contribution in [1.82, 2.24) is 35.2 Å². The fourth-order valence-corrected chi connectivity index (χ4v) is 4.29. The van der Waals surface area contributed by atoms with Crippen molar-refractivity contribution in [3.05, 3.63) is 60.7 Å². The summed E-state index contributed by atoms with van der Waals surface area (Å²) < 4.78 is 1.42. The molecule has 5 aromatic rings.